The number of halogens is 4. The quantitative estimate of drug-likeness (QED) is 0.829. The second-order valence-electron chi connectivity index (χ2n) is 2.91. The zero-order chi connectivity index (χ0) is 10.9. The number of benzene rings is 1. The molecule has 1 rings (SSSR count). The Hall–Kier alpha value is -0.550. The van der Waals surface area contributed by atoms with Crippen molar-refractivity contribution < 1.29 is 18.3 Å². The lowest BCUT2D eigenvalue weighted by molar-refractivity contribution is -0.138. The van der Waals surface area contributed by atoms with E-state index < -0.39 is 18.3 Å². The molecule has 0 aliphatic rings. The van der Waals surface area contributed by atoms with Crippen LogP contribution in [0.2, 0.25) is 0 Å². The van der Waals surface area contributed by atoms with E-state index in [1.54, 1.807) is 6.92 Å². The van der Waals surface area contributed by atoms with Crippen molar-refractivity contribution in [1.82, 2.24) is 0 Å². The first kappa shape index (κ1) is 11.5. The second-order valence-corrected chi connectivity index (χ2v) is 3.77. The first-order valence-corrected chi connectivity index (χ1v) is 4.62. The average molecular weight is 269 g/mol. The lowest BCUT2D eigenvalue weighted by Gasteiger charge is -2.13. The van der Waals surface area contributed by atoms with Crippen LogP contribution in [0.1, 0.15) is 16.7 Å². The van der Waals surface area contributed by atoms with E-state index in [4.69, 9.17) is 5.11 Å². The minimum absolute atomic E-state index is 0.0989. The van der Waals surface area contributed by atoms with Crippen molar-refractivity contribution in [3.05, 3.63) is 33.3 Å². The number of aliphatic hydroxyl groups excluding tert-OH is 1. The van der Waals surface area contributed by atoms with Crippen molar-refractivity contribution in [3.63, 3.8) is 0 Å². The lowest BCUT2D eigenvalue weighted by atomic mass is 10.0. The van der Waals surface area contributed by atoms with Crippen LogP contribution >= 0.6 is 15.9 Å². The Labute approximate surface area is 87.7 Å². The summed E-state index contributed by atoms with van der Waals surface area (Å²) in [6.07, 6.45) is -4.42. The molecule has 0 saturated carbocycles. The minimum atomic E-state index is -4.42. The van der Waals surface area contributed by atoms with Crippen LogP contribution in [0.25, 0.3) is 0 Å². The maximum atomic E-state index is 12.4. The number of alkyl halides is 3. The highest BCUT2D eigenvalue weighted by molar-refractivity contribution is 9.10. The van der Waals surface area contributed by atoms with E-state index in [9.17, 15) is 13.2 Å². The Morgan fingerprint density at radius 1 is 1.36 bits per heavy atom. The smallest absolute Gasteiger partial charge is 0.392 e. The van der Waals surface area contributed by atoms with Gasteiger partial charge in [0.1, 0.15) is 0 Å². The normalized spacial score (nSPS) is 11.9. The molecule has 0 heterocycles. The molecule has 0 atom stereocenters. The summed E-state index contributed by atoms with van der Waals surface area (Å²) < 4.78 is 37.6. The monoisotopic (exact) mass is 268 g/mol. The fourth-order valence-electron chi connectivity index (χ4n) is 1.14. The molecule has 14 heavy (non-hydrogen) atoms. The van der Waals surface area contributed by atoms with Crippen LogP contribution < -0.4 is 0 Å². The van der Waals surface area contributed by atoms with Gasteiger partial charge in [-0.05, 0) is 24.1 Å². The van der Waals surface area contributed by atoms with Crippen molar-refractivity contribution in [2.75, 3.05) is 0 Å². The van der Waals surface area contributed by atoms with Gasteiger partial charge in [0, 0.05) is 4.47 Å². The summed E-state index contributed by atoms with van der Waals surface area (Å²) in [6.45, 7) is 1.06. The zero-order valence-electron chi connectivity index (χ0n) is 7.32. The molecule has 0 aliphatic carbocycles. The van der Waals surface area contributed by atoms with Crippen molar-refractivity contribution in [1.29, 1.82) is 0 Å². The van der Waals surface area contributed by atoms with E-state index >= 15 is 0 Å². The average Bonchev–Trinajstić information content (AvgIpc) is 2.07. The third-order valence-corrected chi connectivity index (χ3v) is 2.71. The van der Waals surface area contributed by atoms with Crippen molar-refractivity contribution in [2.24, 2.45) is 0 Å². The largest absolute Gasteiger partial charge is 0.416 e. The van der Waals surface area contributed by atoms with Gasteiger partial charge in [-0.25, -0.2) is 0 Å². The third kappa shape index (κ3) is 2.27. The van der Waals surface area contributed by atoms with Crippen LogP contribution in [0.15, 0.2) is 16.6 Å². The first-order valence-electron chi connectivity index (χ1n) is 3.83. The highest BCUT2D eigenvalue weighted by atomic mass is 79.9. The Morgan fingerprint density at radius 3 is 2.36 bits per heavy atom. The third-order valence-electron chi connectivity index (χ3n) is 1.86. The van der Waals surface area contributed by atoms with Gasteiger partial charge < -0.3 is 5.11 Å². The van der Waals surface area contributed by atoms with Crippen LogP contribution in [0.3, 0.4) is 0 Å². The number of aryl methyl sites for hydroxylation is 1. The SMILES string of the molecule is Cc1cc(CO)c(C(F)(F)F)cc1Br. The summed E-state index contributed by atoms with van der Waals surface area (Å²) in [7, 11) is 0. The Balaban J connectivity index is 3.35. The maximum Gasteiger partial charge on any atom is 0.416 e. The summed E-state index contributed by atoms with van der Waals surface area (Å²) >= 11 is 3.02. The number of hydrogen-bond acceptors (Lipinski definition) is 1. The highest BCUT2D eigenvalue weighted by Crippen LogP contribution is 2.35. The minimum Gasteiger partial charge on any atom is -0.392 e. The molecule has 1 aromatic carbocycles. The molecule has 5 heteroatoms. The predicted molar refractivity (Wildman–Crippen MR) is 49.8 cm³/mol. The fraction of sp³-hybridized carbons (Fsp3) is 0.333. The molecule has 0 saturated heterocycles. The number of rotatable bonds is 1. The standard InChI is InChI=1S/C9H8BrF3O/c1-5-2-6(4-14)7(3-8(5)10)9(11,12)13/h2-3,14H,4H2,1H3. The van der Waals surface area contributed by atoms with Gasteiger partial charge in [-0.1, -0.05) is 22.0 Å². The van der Waals surface area contributed by atoms with Gasteiger partial charge in [-0.15, -0.1) is 0 Å². The molecule has 0 fully saturated rings. The molecule has 1 nitrogen and oxygen atoms in total. The van der Waals surface area contributed by atoms with Crippen LogP contribution in [0, 0.1) is 6.92 Å². The molecule has 1 N–H and O–H groups in total. The van der Waals surface area contributed by atoms with Crippen LogP contribution in [-0.4, -0.2) is 5.11 Å². The Morgan fingerprint density at radius 2 is 1.93 bits per heavy atom. The van der Waals surface area contributed by atoms with E-state index in [-0.39, 0.29) is 5.56 Å². The van der Waals surface area contributed by atoms with Crippen LogP contribution in [0.4, 0.5) is 13.2 Å². The summed E-state index contributed by atoms with van der Waals surface area (Å²) in [6, 6.07) is 2.31. The van der Waals surface area contributed by atoms with E-state index in [1.807, 2.05) is 0 Å². The van der Waals surface area contributed by atoms with E-state index in [2.05, 4.69) is 15.9 Å². The van der Waals surface area contributed by atoms with Gasteiger partial charge >= 0.3 is 6.18 Å². The van der Waals surface area contributed by atoms with Gasteiger partial charge in [0.25, 0.3) is 0 Å². The molecule has 0 amide bonds. The zero-order valence-corrected chi connectivity index (χ0v) is 8.91. The Kier molecular flexibility index (Phi) is 3.21. The van der Waals surface area contributed by atoms with Crippen LogP contribution in [-0.2, 0) is 12.8 Å². The van der Waals surface area contributed by atoms with Gasteiger partial charge in [0.05, 0.1) is 12.2 Å². The summed E-state index contributed by atoms with van der Waals surface area (Å²) in [5.74, 6) is 0. The molecule has 78 valence electrons. The first-order chi connectivity index (χ1) is 6.36. The fourth-order valence-corrected chi connectivity index (χ4v) is 1.48. The van der Waals surface area contributed by atoms with Crippen LogP contribution in [0.5, 0.6) is 0 Å². The van der Waals surface area contributed by atoms with E-state index in [0.717, 1.165) is 6.07 Å². The molecule has 0 radical (unpaired) electrons. The molecule has 0 bridgehead atoms. The lowest BCUT2D eigenvalue weighted by Crippen LogP contribution is -2.09. The molecule has 1 aromatic rings. The van der Waals surface area contributed by atoms with Crippen molar-refractivity contribution in [3.8, 4) is 0 Å². The maximum absolute atomic E-state index is 12.4. The van der Waals surface area contributed by atoms with Gasteiger partial charge in [0.2, 0.25) is 0 Å². The van der Waals surface area contributed by atoms with Gasteiger partial charge in [0.15, 0.2) is 0 Å². The molecule has 0 aliphatic heterocycles. The summed E-state index contributed by atoms with van der Waals surface area (Å²) in [5.41, 5.74) is -0.224. The highest BCUT2D eigenvalue weighted by Gasteiger charge is 2.33. The molecule has 0 unspecified atom stereocenters. The topological polar surface area (TPSA) is 20.2 Å². The Bertz CT molecular complexity index is 347. The number of hydrogen-bond donors (Lipinski definition) is 1. The van der Waals surface area contributed by atoms with Crippen molar-refractivity contribution in [2.45, 2.75) is 19.7 Å². The molecular formula is C9H8BrF3O. The molecule has 0 spiro atoms. The second kappa shape index (κ2) is 3.90. The van der Waals surface area contributed by atoms with Gasteiger partial charge in [-0.2, -0.15) is 13.2 Å². The number of aliphatic hydroxyl groups is 1. The predicted octanol–water partition coefficient (Wildman–Crippen LogP) is 3.27. The van der Waals surface area contributed by atoms with E-state index in [0.29, 0.717) is 10.0 Å². The summed E-state index contributed by atoms with van der Waals surface area (Å²) in [5, 5.41) is 8.78. The summed E-state index contributed by atoms with van der Waals surface area (Å²) in [4.78, 5) is 0. The van der Waals surface area contributed by atoms with Crippen molar-refractivity contribution >= 4 is 15.9 Å². The molecular weight excluding hydrogens is 261 g/mol. The van der Waals surface area contributed by atoms with Gasteiger partial charge in [-0.3, -0.25) is 0 Å². The van der Waals surface area contributed by atoms with E-state index in [1.165, 1.54) is 6.07 Å². The molecule has 0 aromatic heterocycles.